The van der Waals surface area contributed by atoms with Crippen LogP contribution in [0.25, 0.3) is 0 Å². The van der Waals surface area contributed by atoms with Gasteiger partial charge in [0.1, 0.15) is 11.5 Å². The van der Waals surface area contributed by atoms with Crippen LogP contribution in [0.5, 0.6) is 11.5 Å². The number of phenolic OH excluding ortho intramolecular Hbond substituents is 1. The van der Waals surface area contributed by atoms with Crippen LogP contribution in [-0.4, -0.2) is 34.9 Å². The molecule has 0 atom stereocenters. The number of benzene rings is 2. The first-order chi connectivity index (χ1) is 12.3. The first-order valence-corrected chi connectivity index (χ1v) is 8.90. The van der Waals surface area contributed by atoms with Crippen LogP contribution in [0.4, 0.5) is 0 Å². The smallest absolute Gasteiger partial charge is 0.341 e. The number of halogens is 3. The van der Waals surface area contributed by atoms with Crippen molar-refractivity contribution in [2.24, 2.45) is 5.10 Å². The Hall–Kier alpha value is -2.10. The highest BCUT2D eigenvalue weighted by atomic mass is 79.9. The lowest BCUT2D eigenvalue weighted by Crippen LogP contribution is -2.18. The van der Waals surface area contributed by atoms with Gasteiger partial charge in [-0.2, -0.15) is 5.10 Å². The van der Waals surface area contributed by atoms with Gasteiger partial charge in [-0.3, -0.25) is 4.79 Å². The van der Waals surface area contributed by atoms with Crippen molar-refractivity contribution >= 4 is 61.6 Å². The van der Waals surface area contributed by atoms with Crippen LogP contribution >= 0.6 is 43.5 Å². The van der Waals surface area contributed by atoms with Crippen LogP contribution in [0.15, 0.2) is 44.4 Å². The zero-order valence-electron chi connectivity index (χ0n) is 12.9. The largest absolute Gasteiger partial charge is 0.506 e. The minimum atomic E-state index is -1.11. The molecule has 0 radical (unpaired) electrons. The van der Waals surface area contributed by atoms with Crippen molar-refractivity contribution in [3.05, 3.63) is 55.4 Å². The van der Waals surface area contributed by atoms with Crippen LogP contribution in [-0.2, 0) is 4.79 Å². The second-order valence-corrected chi connectivity index (χ2v) is 7.03. The summed E-state index contributed by atoms with van der Waals surface area (Å²) in [5, 5.41) is 22.5. The number of amides is 1. The second kappa shape index (κ2) is 9.02. The minimum Gasteiger partial charge on any atom is -0.506 e. The number of rotatable bonds is 6. The van der Waals surface area contributed by atoms with Gasteiger partial charge < -0.3 is 14.9 Å². The Labute approximate surface area is 169 Å². The maximum Gasteiger partial charge on any atom is 0.341 e. The van der Waals surface area contributed by atoms with Gasteiger partial charge in [-0.15, -0.1) is 0 Å². The molecule has 0 aliphatic carbocycles. The van der Waals surface area contributed by atoms with E-state index in [2.05, 4.69) is 42.4 Å². The highest BCUT2D eigenvalue weighted by Crippen LogP contribution is 2.31. The predicted octanol–water partition coefficient (Wildman–Crippen LogP) is 3.80. The number of hydrogen-bond donors (Lipinski definition) is 3. The van der Waals surface area contributed by atoms with E-state index < -0.39 is 18.5 Å². The molecule has 0 unspecified atom stereocenters. The zero-order valence-corrected chi connectivity index (χ0v) is 16.8. The molecule has 0 heterocycles. The summed E-state index contributed by atoms with van der Waals surface area (Å²) < 4.78 is 5.98. The number of ether oxygens (including phenoxy) is 1. The number of aromatic hydroxyl groups is 1. The number of nitrogens with zero attached hydrogens (tertiary/aromatic N) is 1. The molecule has 0 bridgehead atoms. The Morgan fingerprint density at radius 2 is 2.00 bits per heavy atom. The van der Waals surface area contributed by atoms with Gasteiger partial charge in [-0.05, 0) is 51.8 Å². The first-order valence-electron chi connectivity index (χ1n) is 6.93. The summed E-state index contributed by atoms with van der Waals surface area (Å²) in [5.41, 5.74) is 2.89. The Bertz CT molecular complexity index is 889. The lowest BCUT2D eigenvalue weighted by Gasteiger charge is -2.07. The Balaban J connectivity index is 2.05. The number of carboxylic acids is 1. The van der Waals surface area contributed by atoms with Crippen molar-refractivity contribution in [3.8, 4) is 11.5 Å². The van der Waals surface area contributed by atoms with Gasteiger partial charge in [-0.1, -0.05) is 27.5 Å². The molecule has 0 saturated carbocycles. The van der Waals surface area contributed by atoms with E-state index in [0.717, 1.165) is 0 Å². The van der Waals surface area contributed by atoms with Crippen molar-refractivity contribution in [3.63, 3.8) is 0 Å². The third-order valence-corrected chi connectivity index (χ3v) is 4.32. The van der Waals surface area contributed by atoms with Gasteiger partial charge in [0.15, 0.2) is 6.61 Å². The van der Waals surface area contributed by atoms with E-state index in [0.29, 0.717) is 14.5 Å². The number of carbonyl (C=O) groups is 2. The van der Waals surface area contributed by atoms with Crippen LogP contribution < -0.4 is 10.2 Å². The molecule has 2 aromatic carbocycles. The third kappa shape index (κ3) is 5.45. The SMILES string of the molecule is O=C(O)COc1ccc(/C=N\NC(=O)c2cc(Br)cc(Br)c2O)cc1Cl. The molecular formula is C16H11Br2ClN2O5. The average Bonchev–Trinajstić information content (AvgIpc) is 2.57. The number of nitrogens with one attached hydrogen (secondary N) is 1. The monoisotopic (exact) mass is 504 g/mol. The highest BCUT2D eigenvalue weighted by molar-refractivity contribution is 9.11. The Morgan fingerprint density at radius 3 is 2.65 bits per heavy atom. The van der Waals surface area contributed by atoms with Gasteiger partial charge in [0, 0.05) is 4.47 Å². The molecule has 0 aromatic heterocycles. The van der Waals surface area contributed by atoms with Gasteiger partial charge in [0.25, 0.3) is 5.91 Å². The van der Waals surface area contributed by atoms with Crippen LogP contribution in [0.1, 0.15) is 15.9 Å². The number of carbonyl (C=O) groups excluding carboxylic acids is 1. The number of hydrazone groups is 1. The number of carboxylic acid groups (broad SMARTS) is 1. The molecule has 136 valence electrons. The number of aliphatic carboxylic acids is 1. The lowest BCUT2D eigenvalue weighted by atomic mass is 10.2. The molecule has 0 saturated heterocycles. The van der Waals surface area contributed by atoms with Crippen molar-refractivity contribution in [1.82, 2.24) is 5.43 Å². The van der Waals surface area contributed by atoms with Gasteiger partial charge in [0.2, 0.25) is 0 Å². The zero-order chi connectivity index (χ0) is 19.3. The fourth-order valence-corrected chi connectivity index (χ4v) is 3.29. The predicted molar refractivity (Wildman–Crippen MR) is 103 cm³/mol. The summed E-state index contributed by atoms with van der Waals surface area (Å²) in [6.07, 6.45) is 1.34. The number of hydrogen-bond acceptors (Lipinski definition) is 5. The minimum absolute atomic E-state index is 0.0406. The normalized spacial score (nSPS) is 10.7. The van der Waals surface area contributed by atoms with E-state index in [1.807, 2.05) is 0 Å². The molecule has 2 aromatic rings. The molecule has 7 nitrogen and oxygen atoms in total. The van der Waals surface area contributed by atoms with Crippen molar-refractivity contribution in [2.45, 2.75) is 0 Å². The van der Waals surface area contributed by atoms with Gasteiger partial charge in [-0.25, -0.2) is 10.2 Å². The van der Waals surface area contributed by atoms with E-state index in [1.165, 1.54) is 24.4 Å². The Morgan fingerprint density at radius 1 is 1.27 bits per heavy atom. The summed E-state index contributed by atoms with van der Waals surface area (Å²) in [6, 6.07) is 7.64. The van der Waals surface area contributed by atoms with Crippen LogP contribution in [0, 0.1) is 0 Å². The fraction of sp³-hybridized carbons (Fsp3) is 0.0625. The van der Waals surface area contributed by atoms with Crippen molar-refractivity contribution in [1.29, 1.82) is 0 Å². The van der Waals surface area contributed by atoms with Crippen LogP contribution in [0.2, 0.25) is 5.02 Å². The van der Waals surface area contributed by atoms with E-state index in [4.69, 9.17) is 21.4 Å². The summed E-state index contributed by atoms with van der Waals surface area (Å²) in [5.74, 6) is -1.70. The molecule has 0 spiro atoms. The lowest BCUT2D eigenvalue weighted by molar-refractivity contribution is -0.139. The molecule has 26 heavy (non-hydrogen) atoms. The maximum atomic E-state index is 12.1. The standard InChI is InChI=1S/C16H11Br2ClN2O5/c17-9-4-10(15(24)11(18)5-9)16(25)21-20-6-8-1-2-13(12(19)3-8)26-7-14(22)23/h1-6,24H,7H2,(H,21,25)(H,22,23)/b20-6-. The van der Waals surface area contributed by atoms with Gasteiger partial charge >= 0.3 is 5.97 Å². The maximum absolute atomic E-state index is 12.1. The van der Waals surface area contributed by atoms with E-state index in [9.17, 15) is 14.7 Å². The molecule has 3 N–H and O–H groups in total. The van der Waals surface area contributed by atoms with E-state index >= 15 is 0 Å². The van der Waals surface area contributed by atoms with Crippen molar-refractivity contribution < 1.29 is 24.5 Å². The van der Waals surface area contributed by atoms with Crippen molar-refractivity contribution in [2.75, 3.05) is 6.61 Å². The van der Waals surface area contributed by atoms with E-state index in [-0.39, 0.29) is 22.1 Å². The molecule has 2 rings (SSSR count). The van der Waals surface area contributed by atoms with Crippen LogP contribution in [0.3, 0.4) is 0 Å². The summed E-state index contributed by atoms with van der Waals surface area (Å²) in [6.45, 7) is -0.505. The fourth-order valence-electron chi connectivity index (χ4n) is 1.82. The summed E-state index contributed by atoms with van der Waals surface area (Å²) in [4.78, 5) is 22.6. The Kier molecular flexibility index (Phi) is 7.01. The van der Waals surface area contributed by atoms with Gasteiger partial charge in [0.05, 0.1) is 21.3 Å². The second-order valence-electron chi connectivity index (χ2n) is 4.86. The molecule has 1 amide bonds. The molecule has 10 heteroatoms. The first kappa shape index (κ1) is 20.2. The molecule has 0 aliphatic rings. The third-order valence-electron chi connectivity index (χ3n) is 2.96. The summed E-state index contributed by atoms with van der Waals surface area (Å²) in [7, 11) is 0. The topological polar surface area (TPSA) is 108 Å². The molecule has 0 fully saturated rings. The highest BCUT2D eigenvalue weighted by Gasteiger charge is 2.14. The molecular weight excluding hydrogens is 495 g/mol. The number of phenols is 1. The molecule has 0 aliphatic heterocycles. The van der Waals surface area contributed by atoms with E-state index in [1.54, 1.807) is 12.1 Å². The average molecular weight is 507 g/mol. The summed E-state index contributed by atoms with van der Waals surface area (Å²) >= 11 is 12.4. The quantitative estimate of drug-likeness (QED) is 0.408.